The summed E-state index contributed by atoms with van der Waals surface area (Å²) in [6.45, 7) is 7.67. The first-order chi connectivity index (χ1) is 11.3. The van der Waals surface area contributed by atoms with Gasteiger partial charge in [-0.3, -0.25) is 9.78 Å². The molecule has 1 aromatic heterocycles. The van der Waals surface area contributed by atoms with Crippen molar-refractivity contribution in [1.82, 2.24) is 15.2 Å². The van der Waals surface area contributed by atoms with E-state index in [2.05, 4.69) is 10.3 Å². The number of ether oxygens (including phenoxy) is 1. The minimum absolute atomic E-state index is 0.0859. The summed E-state index contributed by atoms with van der Waals surface area (Å²) in [5.74, 6) is 0.307. The van der Waals surface area contributed by atoms with Gasteiger partial charge in [0.25, 0.3) is 5.91 Å². The fourth-order valence-corrected chi connectivity index (χ4v) is 2.79. The van der Waals surface area contributed by atoms with E-state index in [9.17, 15) is 9.59 Å². The van der Waals surface area contributed by atoms with Gasteiger partial charge in [-0.25, -0.2) is 4.79 Å². The number of rotatable bonds is 4. The van der Waals surface area contributed by atoms with Crippen LogP contribution in [-0.2, 0) is 4.74 Å². The van der Waals surface area contributed by atoms with Crippen molar-refractivity contribution in [1.29, 1.82) is 0 Å². The molecule has 24 heavy (non-hydrogen) atoms. The molecule has 6 heteroatoms. The van der Waals surface area contributed by atoms with Gasteiger partial charge in [0.15, 0.2) is 0 Å². The smallest absolute Gasteiger partial charge is 0.410 e. The first kappa shape index (κ1) is 18.2. The van der Waals surface area contributed by atoms with Crippen molar-refractivity contribution >= 4 is 12.0 Å². The highest BCUT2D eigenvalue weighted by Gasteiger charge is 2.27. The Morgan fingerprint density at radius 2 is 2.04 bits per heavy atom. The van der Waals surface area contributed by atoms with Gasteiger partial charge < -0.3 is 15.0 Å². The molecule has 1 aliphatic rings. The number of aromatic nitrogens is 1. The molecular weight excluding hydrogens is 306 g/mol. The molecule has 0 bridgehead atoms. The molecule has 1 saturated heterocycles. The molecule has 0 spiro atoms. The van der Waals surface area contributed by atoms with E-state index in [1.807, 2.05) is 20.8 Å². The summed E-state index contributed by atoms with van der Waals surface area (Å²) in [4.78, 5) is 29.8. The summed E-state index contributed by atoms with van der Waals surface area (Å²) >= 11 is 0. The Hall–Kier alpha value is -2.11. The molecule has 1 N–H and O–H groups in total. The number of amides is 2. The topological polar surface area (TPSA) is 71.5 Å². The number of pyridine rings is 1. The average molecular weight is 333 g/mol. The van der Waals surface area contributed by atoms with Gasteiger partial charge in [-0.15, -0.1) is 0 Å². The van der Waals surface area contributed by atoms with E-state index in [1.165, 1.54) is 0 Å². The van der Waals surface area contributed by atoms with E-state index < -0.39 is 5.60 Å². The lowest BCUT2D eigenvalue weighted by Crippen LogP contribution is -2.43. The van der Waals surface area contributed by atoms with Gasteiger partial charge in [0.2, 0.25) is 0 Å². The Kier molecular flexibility index (Phi) is 6.17. The molecule has 6 nitrogen and oxygen atoms in total. The van der Waals surface area contributed by atoms with E-state index >= 15 is 0 Å². The molecule has 0 radical (unpaired) electrons. The van der Waals surface area contributed by atoms with Gasteiger partial charge >= 0.3 is 6.09 Å². The molecule has 0 unspecified atom stereocenters. The van der Waals surface area contributed by atoms with Gasteiger partial charge in [0.1, 0.15) is 5.60 Å². The van der Waals surface area contributed by atoms with E-state index in [1.54, 1.807) is 29.4 Å². The molecule has 0 aromatic carbocycles. The quantitative estimate of drug-likeness (QED) is 0.920. The largest absolute Gasteiger partial charge is 0.444 e. The SMILES string of the molecule is CC(C)(C)OC(=O)N1CCC[C@@H](CCNC(=O)c2ccncc2)C1. The Balaban J connectivity index is 1.75. The normalized spacial score (nSPS) is 18.1. The van der Waals surface area contributed by atoms with Crippen LogP contribution in [0, 0.1) is 5.92 Å². The van der Waals surface area contributed by atoms with Crippen LogP contribution in [0.2, 0.25) is 0 Å². The van der Waals surface area contributed by atoms with Crippen LogP contribution >= 0.6 is 0 Å². The second-order valence-electron chi connectivity index (χ2n) is 7.22. The zero-order valence-electron chi connectivity index (χ0n) is 14.7. The van der Waals surface area contributed by atoms with Crippen molar-refractivity contribution in [2.24, 2.45) is 5.92 Å². The minimum Gasteiger partial charge on any atom is -0.444 e. The van der Waals surface area contributed by atoms with Crippen LogP contribution in [-0.4, -0.2) is 47.1 Å². The summed E-state index contributed by atoms with van der Waals surface area (Å²) in [7, 11) is 0. The predicted octanol–water partition coefficient (Wildman–Crippen LogP) is 2.85. The third-order valence-electron chi connectivity index (χ3n) is 3.95. The molecule has 1 aromatic rings. The standard InChI is InChI=1S/C18H27N3O3/c1-18(2,3)24-17(23)21-12-4-5-14(13-21)6-11-20-16(22)15-7-9-19-10-8-15/h7-10,14H,4-6,11-13H2,1-3H3,(H,20,22)/t14-/m0/s1. The van der Waals surface area contributed by atoms with Crippen LogP contribution in [0.1, 0.15) is 50.4 Å². The molecule has 2 rings (SSSR count). The predicted molar refractivity (Wildman–Crippen MR) is 91.7 cm³/mol. The lowest BCUT2D eigenvalue weighted by atomic mass is 9.95. The number of piperidine rings is 1. The van der Waals surface area contributed by atoms with Gasteiger partial charge in [-0.2, -0.15) is 0 Å². The second-order valence-corrected chi connectivity index (χ2v) is 7.22. The molecule has 132 valence electrons. The third kappa shape index (κ3) is 5.83. The van der Waals surface area contributed by atoms with Gasteiger partial charge in [0.05, 0.1) is 0 Å². The highest BCUT2D eigenvalue weighted by Crippen LogP contribution is 2.21. The minimum atomic E-state index is -0.470. The average Bonchev–Trinajstić information content (AvgIpc) is 2.54. The molecule has 1 aliphatic heterocycles. The van der Waals surface area contributed by atoms with Gasteiger partial charge in [-0.1, -0.05) is 0 Å². The molecular formula is C18H27N3O3. The summed E-state index contributed by atoms with van der Waals surface area (Å²) in [6, 6.07) is 3.39. The Bertz CT molecular complexity index is 554. The van der Waals surface area contributed by atoms with Crippen LogP contribution < -0.4 is 5.32 Å². The monoisotopic (exact) mass is 333 g/mol. The summed E-state index contributed by atoms with van der Waals surface area (Å²) < 4.78 is 5.44. The fraction of sp³-hybridized carbons (Fsp3) is 0.611. The Labute approximate surface area is 143 Å². The Morgan fingerprint density at radius 3 is 2.71 bits per heavy atom. The molecule has 1 fully saturated rings. The number of likely N-dealkylation sites (tertiary alicyclic amines) is 1. The molecule has 2 amide bonds. The van der Waals surface area contributed by atoms with Crippen LogP contribution in [0.4, 0.5) is 4.79 Å². The Morgan fingerprint density at radius 1 is 1.33 bits per heavy atom. The van der Waals surface area contributed by atoms with E-state index in [4.69, 9.17) is 4.74 Å². The number of hydrogen-bond donors (Lipinski definition) is 1. The van der Waals surface area contributed by atoms with Crippen LogP contribution in [0.3, 0.4) is 0 Å². The number of carbonyl (C=O) groups is 2. The maximum Gasteiger partial charge on any atom is 0.410 e. The zero-order valence-corrected chi connectivity index (χ0v) is 14.7. The zero-order chi connectivity index (χ0) is 17.6. The van der Waals surface area contributed by atoms with E-state index in [0.717, 1.165) is 25.8 Å². The van der Waals surface area contributed by atoms with Crippen LogP contribution in [0.5, 0.6) is 0 Å². The molecule has 0 saturated carbocycles. The highest BCUT2D eigenvalue weighted by atomic mass is 16.6. The molecule has 1 atom stereocenters. The molecule has 2 heterocycles. The number of hydrogen-bond acceptors (Lipinski definition) is 4. The second kappa shape index (κ2) is 8.13. The van der Waals surface area contributed by atoms with E-state index in [-0.39, 0.29) is 12.0 Å². The van der Waals surface area contributed by atoms with Crippen LogP contribution in [0.25, 0.3) is 0 Å². The third-order valence-corrected chi connectivity index (χ3v) is 3.95. The fourth-order valence-electron chi connectivity index (χ4n) is 2.79. The highest BCUT2D eigenvalue weighted by molar-refractivity contribution is 5.93. The summed E-state index contributed by atoms with van der Waals surface area (Å²) in [5.41, 5.74) is 0.145. The maximum absolute atomic E-state index is 12.2. The lowest BCUT2D eigenvalue weighted by molar-refractivity contribution is 0.0161. The van der Waals surface area contributed by atoms with Crippen molar-refractivity contribution in [2.45, 2.75) is 45.6 Å². The van der Waals surface area contributed by atoms with Crippen molar-refractivity contribution in [2.75, 3.05) is 19.6 Å². The first-order valence-electron chi connectivity index (χ1n) is 8.51. The molecule has 0 aliphatic carbocycles. The van der Waals surface area contributed by atoms with Crippen molar-refractivity contribution < 1.29 is 14.3 Å². The lowest BCUT2D eigenvalue weighted by Gasteiger charge is -2.34. The summed E-state index contributed by atoms with van der Waals surface area (Å²) in [6.07, 6.45) is 5.87. The van der Waals surface area contributed by atoms with Crippen molar-refractivity contribution in [3.63, 3.8) is 0 Å². The maximum atomic E-state index is 12.2. The van der Waals surface area contributed by atoms with Crippen LogP contribution in [0.15, 0.2) is 24.5 Å². The van der Waals surface area contributed by atoms with Crippen molar-refractivity contribution in [3.8, 4) is 0 Å². The van der Waals surface area contributed by atoms with Crippen molar-refractivity contribution in [3.05, 3.63) is 30.1 Å². The first-order valence-corrected chi connectivity index (χ1v) is 8.51. The number of carbonyl (C=O) groups excluding carboxylic acids is 2. The van der Waals surface area contributed by atoms with Gasteiger partial charge in [-0.05, 0) is 58.1 Å². The van der Waals surface area contributed by atoms with E-state index in [0.29, 0.717) is 24.6 Å². The summed E-state index contributed by atoms with van der Waals surface area (Å²) in [5, 5.41) is 2.93. The number of nitrogens with zero attached hydrogens (tertiary/aromatic N) is 2. The van der Waals surface area contributed by atoms with Gasteiger partial charge in [0, 0.05) is 37.6 Å². The number of nitrogens with one attached hydrogen (secondary N) is 1.